The molecule has 0 aliphatic rings. The van der Waals surface area contributed by atoms with Crippen molar-refractivity contribution in [2.24, 2.45) is 0 Å². The van der Waals surface area contributed by atoms with Crippen molar-refractivity contribution in [2.75, 3.05) is 0 Å². The van der Waals surface area contributed by atoms with Gasteiger partial charge in [0, 0.05) is 0 Å². The minimum absolute atomic E-state index is 0.712. The summed E-state index contributed by atoms with van der Waals surface area (Å²) in [6.45, 7) is 20.9. The molecule has 0 rings (SSSR count). The molecule has 5 heteroatoms. The second-order valence-corrected chi connectivity index (χ2v) is 18.2. The number of hydrogen-bond donors (Lipinski definition) is 0. The second-order valence-electron chi connectivity index (χ2n) is 7.40. The molecule has 0 unspecified atom stereocenters. The Hall–Kier alpha value is 0.571. The first kappa shape index (κ1) is 20.6. The van der Waals surface area contributed by atoms with Crippen LogP contribution in [0.25, 0.3) is 0 Å². The molecule has 0 N–H and O–H groups in total. The number of hydrogen-bond acceptors (Lipinski definition) is 2. The molecule has 0 saturated heterocycles. The molecule has 0 fully saturated rings. The molecule has 0 radical (unpaired) electrons. The minimum Gasteiger partial charge on any atom is -0.440 e. The molecule has 2 nitrogen and oxygen atoms in total. The van der Waals surface area contributed by atoms with E-state index in [1.165, 1.54) is 12.5 Å². The Labute approximate surface area is 133 Å². The van der Waals surface area contributed by atoms with Gasteiger partial charge in [0.15, 0.2) is 18.1 Å². The first-order valence-corrected chi connectivity index (χ1v) is 13.9. The van der Waals surface area contributed by atoms with Crippen molar-refractivity contribution in [3.05, 3.63) is 0 Å². The predicted molar refractivity (Wildman–Crippen MR) is 99.1 cm³/mol. The molecule has 0 saturated carbocycles. The van der Waals surface area contributed by atoms with E-state index in [9.17, 15) is 0 Å². The monoisotopic (exact) mass is 334 g/mol. The molecule has 0 aromatic rings. The fraction of sp³-hybridized carbons (Fsp3) is 1.00. The molecular weight excluding hydrogens is 296 g/mol. The summed E-state index contributed by atoms with van der Waals surface area (Å²) in [4.78, 5) is 0. The molecule has 0 aliphatic carbocycles. The van der Waals surface area contributed by atoms with Gasteiger partial charge in [-0.15, -0.1) is 0 Å². The van der Waals surface area contributed by atoms with Crippen molar-refractivity contribution >= 4 is 27.4 Å². The van der Waals surface area contributed by atoms with Crippen molar-refractivity contribution in [1.82, 2.24) is 0 Å². The number of rotatable bonds is 10. The summed E-state index contributed by atoms with van der Waals surface area (Å²) in [5, 5.41) is 0. The van der Waals surface area contributed by atoms with Gasteiger partial charge in [-0.05, 0) is 28.2 Å². The van der Waals surface area contributed by atoms with Gasteiger partial charge >= 0.3 is 0 Å². The first-order chi connectivity index (χ1) is 9.20. The van der Waals surface area contributed by atoms with E-state index in [1.54, 1.807) is 0 Å². The lowest BCUT2D eigenvalue weighted by Crippen LogP contribution is -2.41. The maximum Gasteiger partial charge on any atom is 0.300 e. The average molecular weight is 335 g/mol. The third-order valence-corrected chi connectivity index (χ3v) is 15.0. The van der Waals surface area contributed by atoms with E-state index in [-0.39, 0.29) is 0 Å². The molecular formula is C15H38O2Si3. The van der Waals surface area contributed by atoms with Crippen molar-refractivity contribution in [3.8, 4) is 0 Å². The molecule has 0 aromatic carbocycles. The molecule has 122 valence electrons. The fourth-order valence-electron chi connectivity index (χ4n) is 2.92. The van der Waals surface area contributed by atoms with Crippen LogP contribution < -0.4 is 0 Å². The van der Waals surface area contributed by atoms with Gasteiger partial charge in [-0.2, -0.15) is 0 Å². The van der Waals surface area contributed by atoms with Gasteiger partial charge in [-0.1, -0.05) is 68.7 Å². The highest BCUT2D eigenvalue weighted by atomic mass is 28.4. The lowest BCUT2D eigenvalue weighted by atomic mass is 10.5. The highest BCUT2D eigenvalue weighted by molar-refractivity contribution is 6.70. The van der Waals surface area contributed by atoms with Crippen molar-refractivity contribution < 1.29 is 8.23 Å². The van der Waals surface area contributed by atoms with Crippen LogP contribution in [0.2, 0.25) is 28.2 Å². The maximum atomic E-state index is 6.63. The second kappa shape index (κ2) is 10.3. The Balaban J connectivity index is 4.77. The third-order valence-electron chi connectivity index (χ3n) is 3.77. The fourth-order valence-corrected chi connectivity index (χ4v) is 16.2. The van der Waals surface area contributed by atoms with Crippen molar-refractivity contribution in [1.29, 1.82) is 0 Å². The standard InChI is InChI=1S/C15H38O2Si3/c1-10-11-18(16-19(12(2)3)13(4)5)17-20(14(6)7)15(8)9/h12-15,18-20H,10-11H2,1-9H3. The normalized spacial score (nSPS) is 13.2. The lowest BCUT2D eigenvalue weighted by Gasteiger charge is -2.33. The van der Waals surface area contributed by atoms with Crippen LogP contribution in [0.4, 0.5) is 0 Å². The Morgan fingerprint density at radius 2 is 0.950 bits per heavy atom. The zero-order valence-electron chi connectivity index (χ0n) is 15.3. The van der Waals surface area contributed by atoms with E-state index in [4.69, 9.17) is 8.23 Å². The lowest BCUT2D eigenvalue weighted by molar-refractivity contribution is 0.405. The van der Waals surface area contributed by atoms with Crippen LogP contribution in [-0.4, -0.2) is 27.4 Å². The molecule has 0 aliphatic heterocycles. The van der Waals surface area contributed by atoms with E-state index < -0.39 is 27.4 Å². The smallest absolute Gasteiger partial charge is 0.300 e. The Kier molecular flexibility index (Phi) is 10.6. The first-order valence-electron chi connectivity index (χ1n) is 8.51. The van der Waals surface area contributed by atoms with Gasteiger partial charge in [-0.3, -0.25) is 0 Å². The zero-order valence-corrected chi connectivity index (χ0v) is 18.7. The van der Waals surface area contributed by atoms with Crippen molar-refractivity contribution in [3.63, 3.8) is 0 Å². The Bertz CT molecular complexity index is 207. The van der Waals surface area contributed by atoms with Gasteiger partial charge in [0.2, 0.25) is 0 Å². The van der Waals surface area contributed by atoms with Gasteiger partial charge < -0.3 is 8.23 Å². The van der Waals surface area contributed by atoms with E-state index in [0.717, 1.165) is 0 Å². The van der Waals surface area contributed by atoms with Gasteiger partial charge in [0.1, 0.15) is 0 Å². The maximum absolute atomic E-state index is 6.63. The Morgan fingerprint density at radius 3 is 1.15 bits per heavy atom. The minimum atomic E-state index is -1.45. The summed E-state index contributed by atoms with van der Waals surface area (Å²) in [5.74, 6) is 0. The highest BCUT2D eigenvalue weighted by Gasteiger charge is 2.30. The topological polar surface area (TPSA) is 18.5 Å². The third kappa shape index (κ3) is 7.54. The molecule has 0 bridgehead atoms. The van der Waals surface area contributed by atoms with E-state index in [0.29, 0.717) is 22.2 Å². The Morgan fingerprint density at radius 1 is 0.650 bits per heavy atom. The predicted octanol–water partition coefficient (Wildman–Crippen LogP) is 4.74. The summed E-state index contributed by atoms with van der Waals surface area (Å²) in [5.41, 5.74) is 2.85. The van der Waals surface area contributed by atoms with Crippen LogP contribution in [0.5, 0.6) is 0 Å². The molecule has 0 amide bonds. The molecule has 0 atom stereocenters. The van der Waals surface area contributed by atoms with E-state index in [1.807, 2.05) is 0 Å². The van der Waals surface area contributed by atoms with Crippen LogP contribution in [0.15, 0.2) is 0 Å². The summed E-state index contributed by atoms with van der Waals surface area (Å²) in [7, 11) is -3.72. The van der Waals surface area contributed by atoms with Crippen LogP contribution in [0.3, 0.4) is 0 Å². The summed E-state index contributed by atoms with van der Waals surface area (Å²) < 4.78 is 13.3. The van der Waals surface area contributed by atoms with E-state index >= 15 is 0 Å². The van der Waals surface area contributed by atoms with E-state index in [2.05, 4.69) is 62.3 Å². The molecule has 20 heavy (non-hydrogen) atoms. The summed E-state index contributed by atoms with van der Waals surface area (Å²) >= 11 is 0. The summed E-state index contributed by atoms with van der Waals surface area (Å²) in [6.07, 6.45) is 1.20. The highest BCUT2D eigenvalue weighted by Crippen LogP contribution is 2.26. The molecule has 0 aromatic heterocycles. The van der Waals surface area contributed by atoms with Crippen LogP contribution in [0, 0.1) is 0 Å². The zero-order chi connectivity index (χ0) is 15.9. The van der Waals surface area contributed by atoms with Gasteiger partial charge in [-0.25, -0.2) is 0 Å². The van der Waals surface area contributed by atoms with Crippen LogP contribution >= 0.6 is 0 Å². The quantitative estimate of drug-likeness (QED) is 0.537. The SMILES string of the molecule is CCC[SiH](O[SiH](C(C)C)C(C)C)O[SiH](C(C)C)C(C)C. The molecule has 0 spiro atoms. The van der Waals surface area contributed by atoms with Crippen LogP contribution in [0.1, 0.15) is 68.7 Å². The summed E-state index contributed by atoms with van der Waals surface area (Å²) in [6, 6.07) is 1.19. The van der Waals surface area contributed by atoms with Crippen LogP contribution in [-0.2, 0) is 8.23 Å². The van der Waals surface area contributed by atoms with Gasteiger partial charge in [0.25, 0.3) is 9.28 Å². The molecule has 0 heterocycles. The largest absolute Gasteiger partial charge is 0.440 e. The van der Waals surface area contributed by atoms with Gasteiger partial charge in [0.05, 0.1) is 0 Å². The average Bonchev–Trinajstić information content (AvgIpc) is 2.30. The van der Waals surface area contributed by atoms with Crippen molar-refractivity contribution in [2.45, 2.75) is 96.9 Å².